The van der Waals surface area contributed by atoms with Gasteiger partial charge < -0.3 is 15.4 Å². The number of benzene rings is 1. The van der Waals surface area contributed by atoms with Crippen LogP contribution in [0.3, 0.4) is 0 Å². The van der Waals surface area contributed by atoms with E-state index in [0.29, 0.717) is 22.9 Å². The second-order valence-electron chi connectivity index (χ2n) is 4.93. The van der Waals surface area contributed by atoms with Crippen LogP contribution in [0.1, 0.15) is 23.0 Å². The second kappa shape index (κ2) is 8.61. The number of hydrogen-bond acceptors (Lipinski definition) is 7. The number of anilines is 2. The van der Waals surface area contributed by atoms with Gasteiger partial charge in [-0.3, -0.25) is 4.79 Å². The summed E-state index contributed by atoms with van der Waals surface area (Å²) in [6.07, 6.45) is 0.684. The van der Waals surface area contributed by atoms with Gasteiger partial charge in [-0.15, -0.1) is 17.9 Å². The lowest BCUT2D eigenvalue weighted by molar-refractivity contribution is -0.123. The molecule has 0 unspecified atom stereocenters. The number of aromatic nitrogens is 1. The molecule has 0 bridgehead atoms. The fourth-order valence-corrected chi connectivity index (χ4v) is 2.44. The molecular weight excluding hydrogens is 340 g/mol. The van der Waals surface area contributed by atoms with Crippen molar-refractivity contribution in [2.45, 2.75) is 13.0 Å². The monoisotopic (exact) mass is 356 g/mol. The number of ether oxygens (including phenoxy) is 1. The summed E-state index contributed by atoms with van der Waals surface area (Å²) in [5.41, 5.74) is 1.13. The van der Waals surface area contributed by atoms with Gasteiger partial charge in [0.25, 0.3) is 5.91 Å². The highest BCUT2D eigenvalue weighted by atomic mass is 32.1. The number of esters is 1. The summed E-state index contributed by atoms with van der Waals surface area (Å²) in [6, 6.07) is 8.36. The number of rotatable bonds is 7. The predicted octanol–water partition coefficient (Wildman–Crippen LogP) is 2.80. The Kier molecular flexibility index (Phi) is 6.26. The molecule has 1 aromatic carbocycles. The Hall–Kier alpha value is -3.18. The van der Waals surface area contributed by atoms with Crippen molar-refractivity contribution >= 4 is 34.0 Å². The van der Waals surface area contributed by atoms with Crippen LogP contribution in [0.15, 0.2) is 42.3 Å². The molecule has 0 aliphatic carbocycles. The lowest BCUT2D eigenvalue weighted by atomic mass is 10.2. The van der Waals surface area contributed by atoms with Crippen LogP contribution in [0.2, 0.25) is 0 Å². The molecule has 1 aromatic heterocycles. The van der Waals surface area contributed by atoms with E-state index in [4.69, 9.17) is 10.00 Å². The molecule has 128 valence electrons. The van der Waals surface area contributed by atoms with E-state index in [1.807, 2.05) is 6.07 Å². The van der Waals surface area contributed by atoms with Gasteiger partial charge in [-0.25, -0.2) is 9.78 Å². The van der Waals surface area contributed by atoms with Crippen molar-refractivity contribution in [2.75, 3.05) is 17.2 Å². The first-order valence-electron chi connectivity index (χ1n) is 7.35. The maximum atomic E-state index is 12.1. The number of nitrogens with one attached hydrogen (secondary N) is 2. The van der Waals surface area contributed by atoms with Crippen molar-refractivity contribution in [1.82, 2.24) is 4.98 Å². The Morgan fingerprint density at radius 2 is 2.16 bits per heavy atom. The molecule has 0 spiro atoms. The Morgan fingerprint density at radius 3 is 2.80 bits per heavy atom. The molecule has 1 heterocycles. The summed E-state index contributed by atoms with van der Waals surface area (Å²) in [5.74, 6) is -1.15. The molecule has 0 aliphatic heterocycles. The number of thiazole rings is 1. The van der Waals surface area contributed by atoms with Crippen LogP contribution < -0.4 is 10.6 Å². The quantitative estimate of drug-likeness (QED) is 0.584. The third-order valence-electron chi connectivity index (χ3n) is 3.05. The molecule has 7 nitrogen and oxygen atoms in total. The molecule has 25 heavy (non-hydrogen) atoms. The smallest absolute Gasteiger partial charge is 0.358 e. The number of nitriles is 1. The van der Waals surface area contributed by atoms with Gasteiger partial charge in [0.1, 0.15) is 0 Å². The number of carbonyl (C=O) groups excluding carboxylic acids is 2. The Labute approximate surface area is 149 Å². The maximum absolute atomic E-state index is 12.1. The number of carbonyl (C=O) groups is 2. The van der Waals surface area contributed by atoms with E-state index in [2.05, 4.69) is 22.2 Å². The van der Waals surface area contributed by atoms with Crippen LogP contribution in [-0.2, 0) is 9.53 Å². The van der Waals surface area contributed by atoms with E-state index >= 15 is 0 Å². The minimum Gasteiger partial charge on any atom is -0.448 e. The van der Waals surface area contributed by atoms with E-state index in [0.717, 1.165) is 0 Å². The summed E-state index contributed by atoms with van der Waals surface area (Å²) in [5, 5.41) is 16.5. The van der Waals surface area contributed by atoms with Gasteiger partial charge >= 0.3 is 5.97 Å². The van der Waals surface area contributed by atoms with Crippen LogP contribution in [0.25, 0.3) is 0 Å². The Bertz CT molecular complexity index is 808. The van der Waals surface area contributed by atoms with Crippen LogP contribution in [0.5, 0.6) is 0 Å². The molecule has 1 atom stereocenters. The second-order valence-corrected chi connectivity index (χ2v) is 5.79. The number of hydrogen-bond donors (Lipinski definition) is 2. The van der Waals surface area contributed by atoms with E-state index in [9.17, 15) is 9.59 Å². The summed E-state index contributed by atoms with van der Waals surface area (Å²) in [7, 11) is 0. The minimum atomic E-state index is -0.991. The van der Waals surface area contributed by atoms with Gasteiger partial charge in [0.2, 0.25) is 0 Å². The predicted molar refractivity (Wildman–Crippen MR) is 95.5 cm³/mol. The molecule has 1 amide bonds. The first-order valence-corrected chi connectivity index (χ1v) is 8.23. The fourth-order valence-electron chi connectivity index (χ4n) is 1.75. The van der Waals surface area contributed by atoms with Crippen LogP contribution in [0, 0.1) is 11.3 Å². The zero-order valence-electron chi connectivity index (χ0n) is 13.5. The zero-order valence-corrected chi connectivity index (χ0v) is 14.3. The molecule has 2 aromatic rings. The van der Waals surface area contributed by atoms with E-state index < -0.39 is 18.0 Å². The Morgan fingerprint density at radius 1 is 1.44 bits per heavy atom. The van der Waals surface area contributed by atoms with Crippen molar-refractivity contribution in [1.29, 1.82) is 5.26 Å². The molecule has 0 radical (unpaired) electrons. The molecule has 2 N–H and O–H groups in total. The molecule has 0 fully saturated rings. The minimum absolute atomic E-state index is 0.134. The van der Waals surface area contributed by atoms with Gasteiger partial charge in [-0.2, -0.15) is 5.26 Å². The fraction of sp³-hybridized carbons (Fsp3) is 0.176. The summed E-state index contributed by atoms with van der Waals surface area (Å²) >= 11 is 1.26. The molecule has 0 saturated heterocycles. The van der Waals surface area contributed by atoms with Gasteiger partial charge in [-0.05, 0) is 31.2 Å². The SMILES string of the molecule is C=CCNc1nc(C(=O)O[C@@H](C)C(=O)Nc2ccc(C#N)cc2)cs1. The summed E-state index contributed by atoms with van der Waals surface area (Å²) in [6.45, 7) is 5.59. The largest absolute Gasteiger partial charge is 0.448 e. The Balaban J connectivity index is 1.91. The van der Waals surface area contributed by atoms with Crippen LogP contribution in [0.4, 0.5) is 10.8 Å². The lowest BCUT2D eigenvalue weighted by Crippen LogP contribution is -2.30. The number of amides is 1. The van der Waals surface area contributed by atoms with Gasteiger partial charge in [-0.1, -0.05) is 6.08 Å². The van der Waals surface area contributed by atoms with Crippen molar-refractivity contribution < 1.29 is 14.3 Å². The van der Waals surface area contributed by atoms with Crippen molar-refractivity contribution in [3.63, 3.8) is 0 Å². The van der Waals surface area contributed by atoms with Crippen molar-refractivity contribution in [3.8, 4) is 6.07 Å². The topological polar surface area (TPSA) is 104 Å². The number of nitrogens with zero attached hydrogens (tertiary/aromatic N) is 2. The molecule has 0 aliphatic rings. The van der Waals surface area contributed by atoms with Gasteiger partial charge in [0.15, 0.2) is 16.9 Å². The lowest BCUT2D eigenvalue weighted by Gasteiger charge is -2.12. The average molecular weight is 356 g/mol. The molecule has 0 saturated carbocycles. The normalized spacial score (nSPS) is 11.0. The van der Waals surface area contributed by atoms with E-state index in [1.165, 1.54) is 18.3 Å². The molecule has 8 heteroatoms. The average Bonchev–Trinajstić information content (AvgIpc) is 3.09. The summed E-state index contributed by atoms with van der Waals surface area (Å²) < 4.78 is 5.13. The zero-order chi connectivity index (χ0) is 18.2. The maximum Gasteiger partial charge on any atom is 0.358 e. The third-order valence-corrected chi connectivity index (χ3v) is 3.85. The molecular formula is C17H16N4O3S. The highest BCUT2D eigenvalue weighted by Crippen LogP contribution is 2.17. The highest BCUT2D eigenvalue weighted by Gasteiger charge is 2.21. The third kappa shape index (κ3) is 5.16. The van der Waals surface area contributed by atoms with Crippen LogP contribution >= 0.6 is 11.3 Å². The van der Waals surface area contributed by atoms with Gasteiger partial charge in [0.05, 0.1) is 11.6 Å². The molecule has 2 rings (SSSR count). The van der Waals surface area contributed by atoms with E-state index in [-0.39, 0.29) is 5.69 Å². The van der Waals surface area contributed by atoms with Gasteiger partial charge in [0, 0.05) is 17.6 Å². The van der Waals surface area contributed by atoms with E-state index in [1.54, 1.807) is 35.7 Å². The van der Waals surface area contributed by atoms with Crippen molar-refractivity contribution in [3.05, 3.63) is 53.6 Å². The first-order chi connectivity index (χ1) is 12.0. The summed E-state index contributed by atoms with van der Waals surface area (Å²) in [4.78, 5) is 28.2. The highest BCUT2D eigenvalue weighted by molar-refractivity contribution is 7.13. The van der Waals surface area contributed by atoms with Crippen molar-refractivity contribution in [2.24, 2.45) is 0 Å². The standard InChI is InChI=1S/C17H16N4O3S/c1-3-8-19-17-21-14(10-25-17)16(23)24-11(2)15(22)20-13-6-4-12(9-18)5-7-13/h3-7,10-11H,1,8H2,2H3,(H,19,21)(H,20,22)/t11-/m0/s1. The first kappa shape index (κ1) is 18.2. The van der Waals surface area contributed by atoms with Crippen LogP contribution in [-0.4, -0.2) is 29.5 Å².